The van der Waals surface area contributed by atoms with Gasteiger partial charge in [0, 0.05) is 0 Å². The SMILES string of the molecule is COc1cccc(CC(C(=O)O)c2ccc3c(c2)OCO3)c1OC. The van der Waals surface area contributed by atoms with E-state index in [2.05, 4.69) is 0 Å². The third-order valence-electron chi connectivity index (χ3n) is 4.01. The summed E-state index contributed by atoms with van der Waals surface area (Å²) in [5.74, 6) is 0.661. The predicted octanol–water partition coefficient (Wildman–Crippen LogP) is 2.84. The van der Waals surface area contributed by atoms with Gasteiger partial charge in [0.05, 0.1) is 20.1 Å². The van der Waals surface area contributed by atoms with Crippen molar-refractivity contribution in [2.24, 2.45) is 0 Å². The molecule has 0 amide bonds. The van der Waals surface area contributed by atoms with Crippen LogP contribution in [0.15, 0.2) is 36.4 Å². The van der Waals surface area contributed by atoms with Gasteiger partial charge < -0.3 is 24.1 Å². The number of benzene rings is 2. The van der Waals surface area contributed by atoms with Crippen LogP contribution in [0.25, 0.3) is 0 Å². The van der Waals surface area contributed by atoms with E-state index in [0.29, 0.717) is 28.6 Å². The summed E-state index contributed by atoms with van der Waals surface area (Å²) in [5, 5.41) is 9.68. The summed E-state index contributed by atoms with van der Waals surface area (Å²) in [6.07, 6.45) is 0.273. The molecular formula is C18H18O6. The average Bonchev–Trinajstić information content (AvgIpc) is 3.06. The summed E-state index contributed by atoms with van der Waals surface area (Å²) >= 11 is 0. The number of aliphatic carboxylic acids is 1. The first-order valence-electron chi connectivity index (χ1n) is 7.46. The van der Waals surface area contributed by atoms with Crippen LogP contribution in [0.3, 0.4) is 0 Å². The van der Waals surface area contributed by atoms with Crippen LogP contribution >= 0.6 is 0 Å². The van der Waals surface area contributed by atoms with Crippen LogP contribution in [0.2, 0.25) is 0 Å². The zero-order chi connectivity index (χ0) is 17.1. The molecule has 0 spiro atoms. The highest BCUT2D eigenvalue weighted by molar-refractivity contribution is 5.77. The van der Waals surface area contributed by atoms with Crippen molar-refractivity contribution in [3.63, 3.8) is 0 Å². The second-order valence-electron chi connectivity index (χ2n) is 5.36. The maximum atomic E-state index is 11.8. The lowest BCUT2D eigenvalue weighted by molar-refractivity contribution is -0.138. The van der Waals surface area contributed by atoms with Gasteiger partial charge in [-0.1, -0.05) is 18.2 Å². The van der Waals surface area contributed by atoms with Gasteiger partial charge in [-0.2, -0.15) is 0 Å². The molecule has 1 atom stereocenters. The highest BCUT2D eigenvalue weighted by atomic mass is 16.7. The minimum absolute atomic E-state index is 0.153. The Kier molecular flexibility index (Phi) is 4.46. The number of carbonyl (C=O) groups is 1. The summed E-state index contributed by atoms with van der Waals surface area (Å²) < 4.78 is 21.3. The molecule has 2 aromatic carbocycles. The number of ether oxygens (including phenoxy) is 4. The molecule has 24 heavy (non-hydrogen) atoms. The van der Waals surface area contributed by atoms with E-state index in [1.807, 2.05) is 12.1 Å². The number of para-hydroxylation sites is 1. The molecule has 1 N–H and O–H groups in total. The zero-order valence-electron chi connectivity index (χ0n) is 13.4. The molecule has 1 aliphatic rings. The molecular weight excluding hydrogens is 312 g/mol. The van der Waals surface area contributed by atoms with Gasteiger partial charge in [0.1, 0.15) is 0 Å². The van der Waals surface area contributed by atoms with Gasteiger partial charge in [-0.25, -0.2) is 0 Å². The topological polar surface area (TPSA) is 74.2 Å². The molecule has 1 heterocycles. The molecule has 3 rings (SSSR count). The fourth-order valence-corrected chi connectivity index (χ4v) is 2.81. The van der Waals surface area contributed by atoms with E-state index in [9.17, 15) is 9.90 Å². The summed E-state index contributed by atoms with van der Waals surface area (Å²) in [5.41, 5.74) is 1.42. The van der Waals surface area contributed by atoms with Crippen LogP contribution in [-0.4, -0.2) is 32.1 Å². The van der Waals surface area contributed by atoms with Gasteiger partial charge in [-0.3, -0.25) is 4.79 Å². The summed E-state index contributed by atoms with van der Waals surface area (Å²) in [4.78, 5) is 11.8. The van der Waals surface area contributed by atoms with E-state index in [1.54, 1.807) is 31.4 Å². The van der Waals surface area contributed by atoms with Crippen molar-refractivity contribution in [3.05, 3.63) is 47.5 Å². The van der Waals surface area contributed by atoms with Crippen LogP contribution in [0.4, 0.5) is 0 Å². The summed E-state index contributed by atoms with van der Waals surface area (Å²) in [6.45, 7) is 0.153. The Morgan fingerprint density at radius 3 is 2.67 bits per heavy atom. The first-order valence-corrected chi connectivity index (χ1v) is 7.46. The Hall–Kier alpha value is -2.89. The molecule has 6 nitrogen and oxygen atoms in total. The van der Waals surface area contributed by atoms with Crippen molar-refractivity contribution in [2.75, 3.05) is 21.0 Å². The van der Waals surface area contributed by atoms with Gasteiger partial charge >= 0.3 is 5.97 Å². The first kappa shape index (κ1) is 16.0. The molecule has 0 aromatic heterocycles. The van der Waals surface area contributed by atoms with Crippen molar-refractivity contribution in [1.82, 2.24) is 0 Å². The Balaban J connectivity index is 1.94. The van der Waals surface area contributed by atoms with E-state index in [1.165, 1.54) is 7.11 Å². The number of rotatable bonds is 6. The first-order chi connectivity index (χ1) is 11.6. The van der Waals surface area contributed by atoms with Crippen molar-refractivity contribution in [1.29, 1.82) is 0 Å². The molecule has 0 saturated heterocycles. The largest absolute Gasteiger partial charge is 0.493 e. The molecule has 0 saturated carbocycles. The van der Waals surface area contributed by atoms with E-state index >= 15 is 0 Å². The third-order valence-corrected chi connectivity index (χ3v) is 4.01. The molecule has 2 aromatic rings. The van der Waals surface area contributed by atoms with Crippen LogP contribution in [0.5, 0.6) is 23.0 Å². The van der Waals surface area contributed by atoms with E-state index in [-0.39, 0.29) is 13.2 Å². The van der Waals surface area contributed by atoms with Crippen LogP contribution < -0.4 is 18.9 Å². The van der Waals surface area contributed by atoms with Gasteiger partial charge in [-0.15, -0.1) is 0 Å². The number of fused-ring (bicyclic) bond motifs is 1. The fraction of sp³-hybridized carbons (Fsp3) is 0.278. The van der Waals surface area contributed by atoms with Gasteiger partial charge in [-0.05, 0) is 35.7 Å². The monoisotopic (exact) mass is 330 g/mol. The minimum atomic E-state index is -0.918. The van der Waals surface area contributed by atoms with E-state index in [0.717, 1.165) is 5.56 Å². The second kappa shape index (κ2) is 6.70. The molecule has 0 aliphatic carbocycles. The average molecular weight is 330 g/mol. The summed E-state index contributed by atoms with van der Waals surface area (Å²) in [7, 11) is 3.09. The van der Waals surface area contributed by atoms with Crippen molar-refractivity contribution in [2.45, 2.75) is 12.3 Å². The second-order valence-corrected chi connectivity index (χ2v) is 5.36. The van der Waals surface area contributed by atoms with Gasteiger partial charge in [0.25, 0.3) is 0 Å². The lowest BCUT2D eigenvalue weighted by Crippen LogP contribution is -2.15. The number of carboxylic acids is 1. The molecule has 1 unspecified atom stereocenters. The summed E-state index contributed by atoms with van der Waals surface area (Å²) in [6, 6.07) is 10.6. The molecule has 1 aliphatic heterocycles. The van der Waals surface area contributed by atoms with Crippen molar-refractivity contribution >= 4 is 5.97 Å². The fourth-order valence-electron chi connectivity index (χ4n) is 2.81. The number of hydrogen-bond donors (Lipinski definition) is 1. The lowest BCUT2D eigenvalue weighted by Gasteiger charge is -2.17. The number of methoxy groups -OCH3 is 2. The Morgan fingerprint density at radius 2 is 1.96 bits per heavy atom. The van der Waals surface area contributed by atoms with Crippen molar-refractivity contribution < 1.29 is 28.8 Å². The lowest BCUT2D eigenvalue weighted by atomic mass is 9.91. The van der Waals surface area contributed by atoms with Gasteiger partial charge in [0.2, 0.25) is 6.79 Å². The third kappa shape index (κ3) is 2.95. The highest BCUT2D eigenvalue weighted by Gasteiger charge is 2.25. The number of carboxylic acid groups (broad SMARTS) is 1. The molecule has 0 fully saturated rings. The maximum absolute atomic E-state index is 11.8. The van der Waals surface area contributed by atoms with E-state index < -0.39 is 11.9 Å². The number of hydrogen-bond acceptors (Lipinski definition) is 5. The van der Waals surface area contributed by atoms with Crippen LogP contribution in [0.1, 0.15) is 17.0 Å². The molecule has 0 radical (unpaired) electrons. The molecule has 126 valence electrons. The highest BCUT2D eigenvalue weighted by Crippen LogP contribution is 2.38. The zero-order valence-corrected chi connectivity index (χ0v) is 13.4. The predicted molar refractivity (Wildman–Crippen MR) is 86.2 cm³/mol. The Labute approximate surface area is 139 Å². The quantitative estimate of drug-likeness (QED) is 0.878. The molecule has 0 bridgehead atoms. The standard InChI is InChI=1S/C18H18O6/c1-21-15-5-3-4-12(17(15)22-2)8-13(18(19)20)11-6-7-14-16(9-11)24-10-23-14/h3-7,9,13H,8,10H2,1-2H3,(H,19,20). The van der Waals surface area contributed by atoms with Crippen LogP contribution in [0, 0.1) is 0 Å². The smallest absolute Gasteiger partial charge is 0.311 e. The molecule has 6 heteroatoms. The van der Waals surface area contributed by atoms with E-state index in [4.69, 9.17) is 18.9 Å². The maximum Gasteiger partial charge on any atom is 0.311 e. The Morgan fingerprint density at radius 1 is 1.17 bits per heavy atom. The van der Waals surface area contributed by atoms with Crippen LogP contribution in [-0.2, 0) is 11.2 Å². The normalized spacial score (nSPS) is 13.4. The minimum Gasteiger partial charge on any atom is -0.493 e. The van der Waals surface area contributed by atoms with Crippen molar-refractivity contribution in [3.8, 4) is 23.0 Å². The Bertz CT molecular complexity index is 755. The van der Waals surface area contributed by atoms with Gasteiger partial charge in [0.15, 0.2) is 23.0 Å².